The topological polar surface area (TPSA) is 137 Å². The zero-order valence-electron chi connectivity index (χ0n) is 19.0. The predicted octanol–water partition coefficient (Wildman–Crippen LogP) is 2.21. The van der Waals surface area contributed by atoms with Crippen molar-refractivity contribution in [3.8, 4) is 23.5 Å². The molecule has 5 rings (SSSR count). The number of aromatic nitrogens is 6. The Labute approximate surface area is 205 Å². The Kier molecular flexibility index (Phi) is 6.44. The lowest BCUT2D eigenvalue weighted by Crippen LogP contribution is -2.49. The van der Waals surface area contributed by atoms with Gasteiger partial charge < -0.3 is 14.5 Å². The van der Waals surface area contributed by atoms with Crippen molar-refractivity contribution in [2.24, 2.45) is 0 Å². The molecule has 36 heavy (non-hydrogen) atoms. The van der Waals surface area contributed by atoms with Crippen LogP contribution in [-0.4, -0.2) is 67.6 Å². The van der Waals surface area contributed by atoms with Crippen LogP contribution in [0.3, 0.4) is 0 Å². The highest BCUT2D eigenvalue weighted by Crippen LogP contribution is 2.20. The molecule has 180 valence electrons. The molecule has 0 bridgehead atoms. The monoisotopic (exact) mass is 485 g/mol. The maximum atomic E-state index is 14.1. The zero-order chi connectivity index (χ0) is 24.9. The molecule has 3 aromatic heterocycles. The summed E-state index contributed by atoms with van der Waals surface area (Å²) in [6.07, 6.45) is 1.52. The number of halogens is 1. The molecule has 1 aliphatic heterocycles. The summed E-state index contributed by atoms with van der Waals surface area (Å²) in [5, 5.41) is 22.4. The number of rotatable bonds is 6. The van der Waals surface area contributed by atoms with E-state index < -0.39 is 5.82 Å². The van der Waals surface area contributed by atoms with E-state index >= 15 is 0 Å². The molecule has 1 amide bonds. The van der Waals surface area contributed by atoms with Gasteiger partial charge in [-0.15, -0.1) is 5.10 Å². The number of nitriles is 1. The molecule has 0 saturated carbocycles. The Morgan fingerprint density at radius 2 is 2.00 bits per heavy atom. The molecule has 11 nitrogen and oxygen atoms in total. The van der Waals surface area contributed by atoms with Crippen LogP contribution < -0.4 is 9.64 Å². The minimum Gasteiger partial charge on any atom is -0.473 e. The zero-order valence-corrected chi connectivity index (χ0v) is 19.0. The standard InChI is InChI=1S/C24H20FN9O2/c25-19-12-16(13-26)4-5-18(19)15-36-22-3-1-2-21(28-22)33-8-10-34(11-9-33)24(35)17-6-7-20(27-14-17)23-29-31-32-30-23/h1-7,12,14H,8-11,15H2,(H,29,30,31,32). The first-order valence-electron chi connectivity index (χ1n) is 11.1. The number of carbonyl (C=O) groups is 1. The van der Waals surface area contributed by atoms with E-state index in [0.29, 0.717) is 60.5 Å². The highest BCUT2D eigenvalue weighted by Gasteiger charge is 2.23. The van der Waals surface area contributed by atoms with Gasteiger partial charge in [0.1, 0.15) is 23.9 Å². The third-order valence-electron chi connectivity index (χ3n) is 5.76. The molecular formula is C24H20FN9O2. The third kappa shape index (κ3) is 4.95. The Balaban J connectivity index is 1.17. The number of aromatic amines is 1. The summed E-state index contributed by atoms with van der Waals surface area (Å²) in [6.45, 7) is 2.24. The van der Waals surface area contributed by atoms with Gasteiger partial charge in [0.05, 0.1) is 17.2 Å². The first-order chi connectivity index (χ1) is 17.6. The SMILES string of the molecule is N#Cc1ccc(COc2cccc(N3CCN(C(=O)c4ccc(-c5nnn[nH]5)nc4)CC3)n2)c(F)c1. The van der Waals surface area contributed by atoms with Crippen molar-refractivity contribution in [3.05, 3.63) is 77.2 Å². The van der Waals surface area contributed by atoms with E-state index in [9.17, 15) is 9.18 Å². The second-order valence-electron chi connectivity index (χ2n) is 8.00. The van der Waals surface area contributed by atoms with Crippen molar-refractivity contribution in [1.29, 1.82) is 5.26 Å². The van der Waals surface area contributed by atoms with Crippen LogP contribution in [0.5, 0.6) is 5.88 Å². The van der Waals surface area contributed by atoms with Crippen LogP contribution in [0.2, 0.25) is 0 Å². The smallest absolute Gasteiger partial charge is 0.255 e. The molecule has 4 heterocycles. The average Bonchev–Trinajstić information content (AvgIpc) is 3.47. The summed E-state index contributed by atoms with van der Waals surface area (Å²) < 4.78 is 19.8. The van der Waals surface area contributed by atoms with E-state index in [-0.39, 0.29) is 18.1 Å². The van der Waals surface area contributed by atoms with Crippen LogP contribution in [0.4, 0.5) is 10.2 Å². The van der Waals surface area contributed by atoms with Gasteiger partial charge in [-0.3, -0.25) is 9.78 Å². The molecule has 1 fully saturated rings. The van der Waals surface area contributed by atoms with Crippen LogP contribution in [0.15, 0.2) is 54.7 Å². The normalized spacial score (nSPS) is 13.3. The number of anilines is 1. The number of ether oxygens (including phenoxy) is 1. The Bertz CT molecular complexity index is 1400. The molecule has 0 spiro atoms. The van der Waals surface area contributed by atoms with Crippen LogP contribution in [0.1, 0.15) is 21.5 Å². The summed E-state index contributed by atoms with van der Waals surface area (Å²) in [6, 6.07) is 15.0. The van der Waals surface area contributed by atoms with Gasteiger partial charge in [0.2, 0.25) is 5.88 Å². The van der Waals surface area contributed by atoms with Crippen LogP contribution in [0, 0.1) is 17.1 Å². The molecule has 1 aliphatic rings. The molecular weight excluding hydrogens is 465 g/mol. The van der Waals surface area contributed by atoms with Gasteiger partial charge in [-0.2, -0.15) is 10.2 Å². The van der Waals surface area contributed by atoms with Gasteiger partial charge in [-0.05, 0) is 40.8 Å². The van der Waals surface area contributed by atoms with Gasteiger partial charge in [-0.1, -0.05) is 12.1 Å². The van der Waals surface area contributed by atoms with Gasteiger partial charge in [-0.25, -0.2) is 9.49 Å². The molecule has 0 atom stereocenters. The maximum Gasteiger partial charge on any atom is 0.255 e. The summed E-state index contributed by atoms with van der Waals surface area (Å²) in [5.41, 5.74) is 1.64. The number of nitrogens with one attached hydrogen (secondary N) is 1. The lowest BCUT2D eigenvalue weighted by Gasteiger charge is -2.35. The number of benzene rings is 1. The van der Waals surface area contributed by atoms with Crippen molar-refractivity contribution in [1.82, 2.24) is 35.5 Å². The number of hydrogen-bond donors (Lipinski definition) is 1. The predicted molar refractivity (Wildman–Crippen MR) is 125 cm³/mol. The first-order valence-corrected chi connectivity index (χ1v) is 11.1. The van der Waals surface area contributed by atoms with Crippen molar-refractivity contribution in [2.45, 2.75) is 6.61 Å². The number of carbonyl (C=O) groups excluding carboxylic acids is 1. The summed E-state index contributed by atoms with van der Waals surface area (Å²) in [5.74, 6) is 0.919. The van der Waals surface area contributed by atoms with E-state index in [2.05, 4.69) is 35.5 Å². The van der Waals surface area contributed by atoms with E-state index in [4.69, 9.17) is 10.00 Å². The molecule has 0 aliphatic carbocycles. The van der Waals surface area contributed by atoms with E-state index in [1.54, 1.807) is 29.2 Å². The van der Waals surface area contributed by atoms with Crippen LogP contribution in [-0.2, 0) is 6.61 Å². The van der Waals surface area contributed by atoms with Gasteiger partial charge in [0, 0.05) is 44.0 Å². The number of nitrogens with zero attached hydrogens (tertiary/aromatic N) is 8. The fourth-order valence-corrected chi connectivity index (χ4v) is 3.80. The molecule has 4 aromatic rings. The summed E-state index contributed by atoms with van der Waals surface area (Å²) >= 11 is 0. The lowest BCUT2D eigenvalue weighted by molar-refractivity contribution is 0.0746. The van der Waals surface area contributed by atoms with Crippen LogP contribution in [0.25, 0.3) is 11.5 Å². The van der Waals surface area contributed by atoms with Crippen molar-refractivity contribution >= 4 is 11.7 Å². The van der Waals surface area contributed by atoms with Gasteiger partial charge in [0.25, 0.3) is 5.91 Å². The third-order valence-corrected chi connectivity index (χ3v) is 5.76. The molecule has 0 radical (unpaired) electrons. The lowest BCUT2D eigenvalue weighted by atomic mass is 10.1. The second-order valence-corrected chi connectivity index (χ2v) is 8.00. The first kappa shape index (κ1) is 22.9. The van der Waals surface area contributed by atoms with E-state index in [1.807, 2.05) is 18.2 Å². The van der Waals surface area contributed by atoms with Crippen LogP contribution >= 0.6 is 0 Å². The Hall–Kier alpha value is -4.92. The van der Waals surface area contributed by atoms with Gasteiger partial charge >= 0.3 is 0 Å². The number of hydrogen-bond acceptors (Lipinski definition) is 9. The Morgan fingerprint density at radius 1 is 1.14 bits per heavy atom. The highest BCUT2D eigenvalue weighted by atomic mass is 19.1. The fourth-order valence-electron chi connectivity index (χ4n) is 3.80. The minimum absolute atomic E-state index is 0.00392. The highest BCUT2D eigenvalue weighted by molar-refractivity contribution is 5.94. The van der Waals surface area contributed by atoms with Crippen molar-refractivity contribution in [2.75, 3.05) is 31.1 Å². The quantitative estimate of drug-likeness (QED) is 0.436. The summed E-state index contributed by atoms with van der Waals surface area (Å²) in [4.78, 5) is 25.6. The fraction of sp³-hybridized carbons (Fsp3) is 0.208. The molecule has 0 unspecified atom stereocenters. The maximum absolute atomic E-state index is 14.1. The van der Waals surface area contributed by atoms with Crippen molar-refractivity contribution < 1.29 is 13.9 Å². The number of tetrazole rings is 1. The average molecular weight is 485 g/mol. The number of H-pyrrole nitrogens is 1. The molecule has 12 heteroatoms. The largest absolute Gasteiger partial charge is 0.473 e. The van der Waals surface area contributed by atoms with E-state index in [0.717, 1.165) is 0 Å². The van der Waals surface area contributed by atoms with Gasteiger partial charge in [0.15, 0.2) is 5.82 Å². The van der Waals surface area contributed by atoms with Crippen molar-refractivity contribution in [3.63, 3.8) is 0 Å². The number of piperazine rings is 1. The number of amides is 1. The van der Waals surface area contributed by atoms with E-state index in [1.165, 1.54) is 18.3 Å². The summed E-state index contributed by atoms with van der Waals surface area (Å²) in [7, 11) is 0. The number of pyridine rings is 2. The molecule has 1 aromatic carbocycles. The minimum atomic E-state index is -0.495. The second kappa shape index (κ2) is 10.1. The Morgan fingerprint density at radius 3 is 2.69 bits per heavy atom. The molecule has 1 saturated heterocycles. The molecule has 1 N–H and O–H groups in total.